The van der Waals surface area contributed by atoms with Crippen molar-refractivity contribution < 1.29 is 9.13 Å². The van der Waals surface area contributed by atoms with Crippen LogP contribution < -0.4 is 4.74 Å². The van der Waals surface area contributed by atoms with Crippen LogP contribution in [0.2, 0.25) is 0 Å². The van der Waals surface area contributed by atoms with Crippen molar-refractivity contribution in [3.63, 3.8) is 0 Å². The molecular weight excluding hydrogens is 139 g/mol. The fourth-order valence-electron chi connectivity index (χ4n) is 0.465. The van der Waals surface area contributed by atoms with Crippen molar-refractivity contribution in [2.75, 3.05) is 6.61 Å². The largest absolute Gasteiger partial charge is 0.484 e. The van der Waals surface area contributed by atoms with E-state index in [-0.39, 0.29) is 5.13 Å². The van der Waals surface area contributed by atoms with Crippen LogP contribution in [0.4, 0.5) is 4.39 Å². The molecule has 1 rings (SSSR count). The summed E-state index contributed by atoms with van der Waals surface area (Å²) in [4.78, 5) is 0. The van der Waals surface area contributed by atoms with Gasteiger partial charge < -0.3 is 4.74 Å². The number of thiophene rings is 1. The van der Waals surface area contributed by atoms with Crippen molar-refractivity contribution >= 4 is 11.3 Å². The second kappa shape index (κ2) is 2.82. The molecule has 0 saturated heterocycles. The Morgan fingerprint density at radius 1 is 1.89 bits per heavy atom. The van der Waals surface area contributed by atoms with E-state index in [1.807, 2.05) is 6.92 Å². The zero-order chi connectivity index (χ0) is 6.69. The van der Waals surface area contributed by atoms with Crippen LogP contribution >= 0.6 is 11.3 Å². The lowest BCUT2D eigenvalue weighted by Gasteiger charge is -1.93. The molecular formula is C6H6FOS. The molecule has 1 radical (unpaired) electrons. The van der Waals surface area contributed by atoms with Crippen molar-refractivity contribution in [3.05, 3.63) is 17.3 Å². The van der Waals surface area contributed by atoms with Crippen molar-refractivity contribution in [2.24, 2.45) is 0 Å². The van der Waals surface area contributed by atoms with Gasteiger partial charge in [-0.1, -0.05) is 11.3 Å². The van der Waals surface area contributed by atoms with Crippen LogP contribution in [0, 0.1) is 11.2 Å². The molecule has 0 N–H and O–H groups in total. The minimum atomic E-state index is -0.251. The van der Waals surface area contributed by atoms with Crippen molar-refractivity contribution in [2.45, 2.75) is 6.92 Å². The number of halogens is 1. The fraction of sp³-hybridized carbons (Fsp3) is 0.333. The maximum Gasteiger partial charge on any atom is 0.184 e. The number of rotatable bonds is 2. The third-order valence-corrected chi connectivity index (χ3v) is 1.50. The normalized spacial score (nSPS) is 9.56. The summed E-state index contributed by atoms with van der Waals surface area (Å²) >= 11 is 0.968. The van der Waals surface area contributed by atoms with Gasteiger partial charge in [0.2, 0.25) is 0 Å². The molecule has 3 heteroatoms. The molecule has 1 nitrogen and oxygen atoms in total. The highest BCUT2D eigenvalue weighted by atomic mass is 32.1. The predicted octanol–water partition coefficient (Wildman–Crippen LogP) is 2.09. The van der Waals surface area contributed by atoms with Gasteiger partial charge in [0, 0.05) is 6.07 Å². The maximum absolute atomic E-state index is 12.2. The van der Waals surface area contributed by atoms with E-state index < -0.39 is 0 Å². The van der Waals surface area contributed by atoms with E-state index >= 15 is 0 Å². The Morgan fingerprint density at radius 2 is 2.67 bits per heavy atom. The highest BCUT2D eigenvalue weighted by molar-refractivity contribution is 7.12. The standard InChI is InChI=1S/C6H6FOS/c1-2-8-6-4-3-5(7)9-6/h3H,2H2,1H3. The average molecular weight is 145 g/mol. The first-order valence-corrected chi connectivity index (χ1v) is 3.44. The van der Waals surface area contributed by atoms with E-state index in [2.05, 4.69) is 6.07 Å². The summed E-state index contributed by atoms with van der Waals surface area (Å²) in [5, 5.41) is 0.272. The third kappa shape index (κ3) is 1.68. The molecule has 0 saturated carbocycles. The van der Waals surface area contributed by atoms with Gasteiger partial charge >= 0.3 is 0 Å². The summed E-state index contributed by atoms with van der Waals surface area (Å²) in [5.41, 5.74) is 0. The Hall–Kier alpha value is -0.570. The van der Waals surface area contributed by atoms with Gasteiger partial charge in [-0.2, -0.15) is 4.39 Å². The molecule has 1 aromatic rings. The molecule has 0 aromatic carbocycles. The summed E-state index contributed by atoms with van der Waals surface area (Å²) < 4.78 is 17.1. The predicted molar refractivity (Wildman–Crippen MR) is 34.3 cm³/mol. The monoisotopic (exact) mass is 145 g/mol. The van der Waals surface area contributed by atoms with E-state index in [0.717, 1.165) is 11.3 Å². The highest BCUT2D eigenvalue weighted by Gasteiger charge is 1.97. The molecule has 1 heterocycles. The van der Waals surface area contributed by atoms with Gasteiger partial charge in [-0.15, -0.1) is 0 Å². The molecule has 0 unspecified atom stereocenters. The fourth-order valence-corrected chi connectivity index (χ4v) is 1.05. The molecule has 0 aliphatic carbocycles. The second-order valence-electron chi connectivity index (χ2n) is 1.42. The zero-order valence-corrected chi connectivity index (χ0v) is 5.80. The minimum absolute atomic E-state index is 0.251. The van der Waals surface area contributed by atoms with Gasteiger partial charge in [0.25, 0.3) is 0 Å². The Labute approximate surface area is 57.1 Å². The lowest BCUT2D eigenvalue weighted by atomic mass is 10.6. The summed E-state index contributed by atoms with van der Waals surface area (Å²) in [6.07, 6.45) is 0. The van der Waals surface area contributed by atoms with Gasteiger partial charge in [0.15, 0.2) is 10.2 Å². The van der Waals surface area contributed by atoms with Gasteiger partial charge in [-0.05, 0) is 13.0 Å². The van der Waals surface area contributed by atoms with Gasteiger partial charge in [-0.3, -0.25) is 0 Å². The quantitative estimate of drug-likeness (QED) is 0.619. The molecule has 0 aliphatic heterocycles. The zero-order valence-electron chi connectivity index (χ0n) is 4.98. The SMILES string of the molecule is CCOc1[c]cc(F)s1. The van der Waals surface area contributed by atoms with Crippen molar-refractivity contribution in [1.82, 2.24) is 0 Å². The molecule has 0 amide bonds. The van der Waals surface area contributed by atoms with Crippen LogP contribution in [0.3, 0.4) is 0 Å². The van der Waals surface area contributed by atoms with E-state index in [9.17, 15) is 4.39 Å². The first-order valence-electron chi connectivity index (χ1n) is 2.62. The number of hydrogen-bond acceptors (Lipinski definition) is 2. The minimum Gasteiger partial charge on any atom is -0.484 e. The lowest BCUT2D eigenvalue weighted by molar-refractivity contribution is 0.349. The topological polar surface area (TPSA) is 9.23 Å². The molecule has 0 atom stereocenters. The second-order valence-corrected chi connectivity index (χ2v) is 2.38. The van der Waals surface area contributed by atoms with Crippen molar-refractivity contribution in [3.8, 4) is 5.06 Å². The maximum atomic E-state index is 12.2. The van der Waals surface area contributed by atoms with Crippen molar-refractivity contribution in [1.29, 1.82) is 0 Å². The van der Waals surface area contributed by atoms with E-state index in [0.29, 0.717) is 11.7 Å². The average Bonchev–Trinajstić information content (AvgIpc) is 2.17. The Balaban J connectivity index is 2.61. The summed E-state index contributed by atoms with van der Waals surface area (Å²) in [6.45, 7) is 2.42. The van der Waals surface area contributed by atoms with Gasteiger partial charge in [-0.25, -0.2) is 0 Å². The molecule has 0 aliphatic rings. The van der Waals surface area contributed by atoms with E-state index in [1.54, 1.807) is 0 Å². The van der Waals surface area contributed by atoms with E-state index in [4.69, 9.17) is 4.74 Å². The first kappa shape index (κ1) is 6.55. The van der Waals surface area contributed by atoms with Crippen LogP contribution in [0.15, 0.2) is 6.07 Å². The summed E-state index contributed by atoms with van der Waals surface area (Å²) in [7, 11) is 0. The Bertz CT molecular complexity index is 185. The van der Waals surface area contributed by atoms with Crippen LogP contribution in [-0.4, -0.2) is 6.61 Å². The molecule has 0 fully saturated rings. The number of hydrogen-bond donors (Lipinski definition) is 0. The molecule has 0 spiro atoms. The molecule has 49 valence electrons. The van der Waals surface area contributed by atoms with Crippen LogP contribution in [0.1, 0.15) is 6.92 Å². The number of ether oxygens (including phenoxy) is 1. The lowest BCUT2D eigenvalue weighted by Crippen LogP contribution is -1.86. The Morgan fingerprint density at radius 3 is 3.11 bits per heavy atom. The van der Waals surface area contributed by atoms with Crippen LogP contribution in [-0.2, 0) is 0 Å². The summed E-state index contributed by atoms with van der Waals surface area (Å²) in [5.74, 6) is 0. The first-order chi connectivity index (χ1) is 4.33. The third-order valence-electron chi connectivity index (χ3n) is 0.769. The molecule has 9 heavy (non-hydrogen) atoms. The van der Waals surface area contributed by atoms with Crippen LogP contribution in [0.5, 0.6) is 5.06 Å². The summed E-state index contributed by atoms with van der Waals surface area (Å²) in [6, 6.07) is 3.90. The molecule has 0 bridgehead atoms. The van der Waals surface area contributed by atoms with Gasteiger partial charge in [0.1, 0.15) is 0 Å². The highest BCUT2D eigenvalue weighted by Crippen LogP contribution is 2.21. The smallest absolute Gasteiger partial charge is 0.184 e. The van der Waals surface area contributed by atoms with Gasteiger partial charge in [0.05, 0.1) is 6.61 Å². The van der Waals surface area contributed by atoms with E-state index in [1.165, 1.54) is 6.07 Å². The van der Waals surface area contributed by atoms with Crippen LogP contribution in [0.25, 0.3) is 0 Å². The molecule has 1 aromatic heterocycles. The Kier molecular flexibility index (Phi) is 2.05.